The van der Waals surface area contributed by atoms with Gasteiger partial charge >= 0.3 is 5.97 Å². The number of hydrogen-bond donors (Lipinski definition) is 1. The standard InChI is InChI=1S/C18H16N2O4/c1-2-23-18(22)13-7-9-15(10-8-13)20-17(21)12-24-16-6-4-3-5-14(16)11-19/h3-10H,2,12H2,1H3,(H,20,21). The summed E-state index contributed by atoms with van der Waals surface area (Å²) in [5, 5.41) is 11.6. The molecule has 6 heteroatoms. The lowest BCUT2D eigenvalue weighted by atomic mass is 10.2. The minimum atomic E-state index is -0.410. The maximum absolute atomic E-state index is 11.9. The first kappa shape index (κ1) is 17.0. The Morgan fingerprint density at radius 2 is 1.83 bits per heavy atom. The maximum atomic E-state index is 11.9. The highest BCUT2D eigenvalue weighted by Gasteiger charge is 2.09. The van der Waals surface area contributed by atoms with E-state index in [1.165, 1.54) is 0 Å². The number of benzene rings is 2. The van der Waals surface area contributed by atoms with Gasteiger partial charge < -0.3 is 14.8 Å². The molecule has 0 heterocycles. The molecule has 6 nitrogen and oxygen atoms in total. The summed E-state index contributed by atoms with van der Waals surface area (Å²) in [5.74, 6) is -0.425. The number of hydrogen-bond acceptors (Lipinski definition) is 5. The highest BCUT2D eigenvalue weighted by molar-refractivity contribution is 5.93. The molecule has 0 unspecified atom stereocenters. The zero-order valence-corrected chi connectivity index (χ0v) is 13.1. The summed E-state index contributed by atoms with van der Waals surface area (Å²) in [7, 11) is 0. The van der Waals surface area contributed by atoms with Crippen molar-refractivity contribution in [3.05, 3.63) is 59.7 Å². The molecule has 1 amide bonds. The normalized spacial score (nSPS) is 9.67. The lowest BCUT2D eigenvalue weighted by Gasteiger charge is -2.09. The van der Waals surface area contributed by atoms with Gasteiger partial charge in [0.15, 0.2) is 6.61 Å². The van der Waals surface area contributed by atoms with E-state index in [1.54, 1.807) is 55.5 Å². The molecule has 0 aliphatic heterocycles. The first-order valence-electron chi connectivity index (χ1n) is 7.33. The second-order valence-electron chi connectivity index (χ2n) is 4.74. The van der Waals surface area contributed by atoms with Crippen LogP contribution < -0.4 is 10.1 Å². The van der Waals surface area contributed by atoms with Crippen LogP contribution in [0.4, 0.5) is 5.69 Å². The van der Waals surface area contributed by atoms with Crippen molar-refractivity contribution >= 4 is 17.6 Å². The molecule has 0 fully saturated rings. The van der Waals surface area contributed by atoms with E-state index in [4.69, 9.17) is 14.7 Å². The molecule has 0 radical (unpaired) electrons. The largest absolute Gasteiger partial charge is 0.482 e. The maximum Gasteiger partial charge on any atom is 0.338 e. The Kier molecular flexibility index (Phi) is 5.92. The fourth-order valence-corrected chi connectivity index (χ4v) is 1.93. The number of nitrogens with zero attached hydrogens (tertiary/aromatic N) is 1. The van der Waals surface area contributed by atoms with E-state index in [1.807, 2.05) is 6.07 Å². The molecule has 1 N–H and O–H groups in total. The number of ether oxygens (including phenoxy) is 2. The van der Waals surface area contributed by atoms with Crippen molar-refractivity contribution in [2.45, 2.75) is 6.92 Å². The van der Waals surface area contributed by atoms with Crippen molar-refractivity contribution in [2.75, 3.05) is 18.5 Å². The highest BCUT2D eigenvalue weighted by atomic mass is 16.5. The topological polar surface area (TPSA) is 88.4 Å². The summed E-state index contributed by atoms with van der Waals surface area (Å²) in [6.45, 7) is 1.81. The smallest absolute Gasteiger partial charge is 0.338 e. The second kappa shape index (κ2) is 8.34. The molecular weight excluding hydrogens is 308 g/mol. The molecule has 0 bridgehead atoms. The summed E-state index contributed by atoms with van der Waals surface area (Å²) in [4.78, 5) is 23.4. The van der Waals surface area contributed by atoms with Gasteiger partial charge in [-0.15, -0.1) is 0 Å². The molecule has 0 spiro atoms. The van der Waals surface area contributed by atoms with Crippen LogP contribution in [0.5, 0.6) is 5.75 Å². The van der Waals surface area contributed by atoms with Crippen molar-refractivity contribution in [1.29, 1.82) is 5.26 Å². The van der Waals surface area contributed by atoms with Gasteiger partial charge in [-0.1, -0.05) is 12.1 Å². The molecule has 24 heavy (non-hydrogen) atoms. The minimum Gasteiger partial charge on any atom is -0.482 e. The number of rotatable bonds is 6. The third-order valence-corrected chi connectivity index (χ3v) is 3.05. The van der Waals surface area contributed by atoms with Crippen molar-refractivity contribution in [3.8, 4) is 11.8 Å². The van der Waals surface area contributed by atoms with Crippen LogP contribution in [0.25, 0.3) is 0 Å². The van der Waals surface area contributed by atoms with E-state index < -0.39 is 5.97 Å². The Hall–Kier alpha value is -3.33. The number of amides is 1. The number of anilines is 1. The van der Waals surface area contributed by atoms with Crippen LogP contribution in [0.3, 0.4) is 0 Å². The van der Waals surface area contributed by atoms with E-state index in [0.717, 1.165) is 0 Å². The van der Waals surface area contributed by atoms with Gasteiger partial charge in [0, 0.05) is 5.69 Å². The van der Waals surface area contributed by atoms with Crippen molar-refractivity contribution in [3.63, 3.8) is 0 Å². The Morgan fingerprint density at radius 3 is 2.50 bits per heavy atom. The summed E-state index contributed by atoms with van der Waals surface area (Å²) in [6, 6.07) is 15.0. The van der Waals surface area contributed by atoms with E-state index in [0.29, 0.717) is 29.2 Å². The van der Waals surface area contributed by atoms with Crippen molar-refractivity contribution < 1.29 is 19.1 Å². The monoisotopic (exact) mass is 324 g/mol. The molecule has 122 valence electrons. The predicted octanol–water partition coefficient (Wildman–Crippen LogP) is 2.75. The number of nitriles is 1. The van der Waals surface area contributed by atoms with Crippen LogP contribution in [-0.4, -0.2) is 25.1 Å². The SMILES string of the molecule is CCOC(=O)c1ccc(NC(=O)COc2ccccc2C#N)cc1. The van der Waals surface area contributed by atoms with Gasteiger partial charge in [-0.25, -0.2) is 4.79 Å². The van der Waals surface area contributed by atoms with Crippen molar-refractivity contribution in [2.24, 2.45) is 0 Å². The average Bonchev–Trinajstić information content (AvgIpc) is 2.61. The minimum absolute atomic E-state index is 0.224. The van der Waals surface area contributed by atoms with Crippen LogP contribution in [-0.2, 0) is 9.53 Å². The third-order valence-electron chi connectivity index (χ3n) is 3.05. The van der Waals surface area contributed by atoms with Gasteiger partial charge in [0.25, 0.3) is 5.91 Å². The van der Waals surface area contributed by atoms with Crippen LogP contribution in [0.15, 0.2) is 48.5 Å². The van der Waals surface area contributed by atoms with Gasteiger partial charge in [-0.3, -0.25) is 4.79 Å². The number of carbonyl (C=O) groups is 2. The summed E-state index contributed by atoms with van der Waals surface area (Å²) in [5.41, 5.74) is 1.31. The van der Waals surface area contributed by atoms with Crippen LogP contribution in [0.1, 0.15) is 22.8 Å². The lowest BCUT2D eigenvalue weighted by Crippen LogP contribution is -2.20. The highest BCUT2D eigenvalue weighted by Crippen LogP contribution is 2.16. The molecule has 0 aliphatic rings. The van der Waals surface area contributed by atoms with E-state index in [2.05, 4.69) is 5.32 Å². The summed E-state index contributed by atoms with van der Waals surface area (Å²) in [6.07, 6.45) is 0. The Labute approximate surface area is 139 Å². The molecular formula is C18H16N2O4. The molecule has 0 saturated carbocycles. The van der Waals surface area contributed by atoms with E-state index in [9.17, 15) is 9.59 Å². The number of para-hydroxylation sites is 1. The molecule has 0 atom stereocenters. The number of esters is 1. The molecule has 0 aromatic heterocycles. The van der Waals surface area contributed by atoms with Gasteiger partial charge in [0.05, 0.1) is 17.7 Å². The fraction of sp³-hybridized carbons (Fsp3) is 0.167. The van der Waals surface area contributed by atoms with Crippen LogP contribution >= 0.6 is 0 Å². The fourth-order valence-electron chi connectivity index (χ4n) is 1.93. The van der Waals surface area contributed by atoms with E-state index in [-0.39, 0.29) is 12.5 Å². The molecule has 2 aromatic rings. The first-order valence-corrected chi connectivity index (χ1v) is 7.33. The van der Waals surface area contributed by atoms with E-state index >= 15 is 0 Å². The molecule has 2 rings (SSSR count). The molecule has 2 aromatic carbocycles. The lowest BCUT2D eigenvalue weighted by molar-refractivity contribution is -0.118. The van der Waals surface area contributed by atoms with Gasteiger partial charge in [-0.05, 0) is 43.3 Å². The molecule has 0 aliphatic carbocycles. The zero-order valence-electron chi connectivity index (χ0n) is 13.1. The first-order chi connectivity index (χ1) is 11.6. The van der Waals surface area contributed by atoms with Crippen LogP contribution in [0, 0.1) is 11.3 Å². The summed E-state index contributed by atoms with van der Waals surface area (Å²) < 4.78 is 10.2. The zero-order chi connectivity index (χ0) is 17.4. The molecule has 0 saturated heterocycles. The summed E-state index contributed by atoms with van der Waals surface area (Å²) >= 11 is 0. The van der Waals surface area contributed by atoms with Gasteiger partial charge in [0.2, 0.25) is 0 Å². The Bertz CT molecular complexity index is 763. The number of carbonyl (C=O) groups excluding carboxylic acids is 2. The quantitative estimate of drug-likeness (QED) is 0.825. The average molecular weight is 324 g/mol. The van der Waals surface area contributed by atoms with Gasteiger partial charge in [0.1, 0.15) is 11.8 Å². The van der Waals surface area contributed by atoms with Crippen molar-refractivity contribution in [1.82, 2.24) is 0 Å². The van der Waals surface area contributed by atoms with Gasteiger partial charge in [-0.2, -0.15) is 5.26 Å². The number of nitrogens with one attached hydrogen (secondary N) is 1. The Morgan fingerprint density at radius 1 is 1.12 bits per heavy atom. The van der Waals surface area contributed by atoms with Crippen LogP contribution in [0.2, 0.25) is 0 Å². The third kappa shape index (κ3) is 4.58. The Balaban J connectivity index is 1.91. The second-order valence-corrected chi connectivity index (χ2v) is 4.74. The predicted molar refractivity (Wildman–Crippen MR) is 87.7 cm³/mol.